The van der Waals surface area contributed by atoms with Crippen molar-refractivity contribution in [1.29, 1.82) is 0 Å². The van der Waals surface area contributed by atoms with Crippen molar-refractivity contribution in [2.24, 2.45) is 0 Å². The number of nitrogens with zero attached hydrogens (tertiary/aromatic N) is 1. The molecule has 1 fully saturated rings. The highest BCUT2D eigenvalue weighted by molar-refractivity contribution is 9.10. The Morgan fingerprint density at radius 2 is 2.22 bits per heavy atom. The third-order valence-electron chi connectivity index (χ3n) is 3.84. The zero-order valence-electron chi connectivity index (χ0n) is 11.5. The summed E-state index contributed by atoms with van der Waals surface area (Å²) in [6, 6.07) is 7.98. The quantitative estimate of drug-likeness (QED) is 0.915. The van der Waals surface area contributed by atoms with E-state index in [1.807, 2.05) is 0 Å². The number of rotatable bonds is 3. The second-order valence-corrected chi connectivity index (χ2v) is 6.11. The molecule has 2 rings (SSSR count). The SMILES string of the molecule is CCNC1CCN(c2ccc(Br)c(C)c2)C(C)C1. The minimum Gasteiger partial charge on any atom is -0.369 e. The molecule has 1 saturated heterocycles. The molecule has 0 spiro atoms. The first kappa shape index (κ1) is 13.9. The molecule has 100 valence electrons. The largest absolute Gasteiger partial charge is 0.369 e. The Bertz CT molecular complexity index is 405. The number of nitrogens with one attached hydrogen (secondary N) is 1. The summed E-state index contributed by atoms with van der Waals surface area (Å²) >= 11 is 3.57. The van der Waals surface area contributed by atoms with Crippen LogP contribution in [0.25, 0.3) is 0 Å². The third kappa shape index (κ3) is 3.07. The van der Waals surface area contributed by atoms with E-state index in [1.54, 1.807) is 0 Å². The Morgan fingerprint density at radius 1 is 1.44 bits per heavy atom. The summed E-state index contributed by atoms with van der Waals surface area (Å²) in [5, 5.41) is 3.57. The molecule has 1 heterocycles. The van der Waals surface area contributed by atoms with Crippen LogP contribution in [0.15, 0.2) is 22.7 Å². The first-order valence-corrected chi connectivity index (χ1v) is 7.67. The molecule has 1 aliphatic rings. The van der Waals surface area contributed by atoms with Gasteiger partial charge in [-0.05, 0) is 57.0 Å². The second kappa shape index (κ2) is 6.07. The van der Waals surface area contributed by atoms with Crippen molar-refractivity contribution in [1.82, 2.24) is 5.32 Å². The first-order valence-electron chi connectivity index (χ1n) is 6.88. The number of piperidine rings is 1. The summed E-state index contributed by atoms with van der Waals surface area (Å²) in [7, 11) is 0. The highest BCUT2D eigenvalue weighted by Gasteiger charge is 2.25. The third-order valence-corrected chi connectivity index (χ3v) is 4.73. The number of aryl methyl sites for hydroxylation is 1. The van der Waals surface area contributed by atoms with E-state index in [1.165, 1.54) is 28.6 Å². The van der Waals surface area contributed by atoms with Gasteiger partial charge in [0.05, 0.1) is 0 Å². The molecule has 0 aromatic heterocycles. The van der Waals surface area contributed by atoms with Gasteiger partial charge in [0.15, 0.2) is 0 Å². The van der Waals surface area contributed by atoms with E-state index in [0.717, 1.165) is 13.1 Å². The van der Waals surface area contributed by atoms with Gasteiger partial charge in [-0.1, -0.05) is 22.9 Å². The molecule has 2 unspecified atom stereocenters. The smallest absolute Gasteiger partial charge is 0.0372 e. The van der Waals surface area contributed by atoms with Crippen LogP contribution < -0.4 is 10.2 Å². The number of anilines is 1. The standard InChI is InChI=1S/C15H23BrN2/c1-4-17-13-7-8-18(12(3)10-13)14-5-6-15(16)11(2)9-14/h5-6,9,12-13,17H,4,7-8,10H2,1-3H3. The lowest BCUT2D eigenvalue weighted by Gasteiger charge is -2.39. The van der Waals surface area contributed by atoms with Crippen LogP contribution >= 0.6 is 15.9 Å². The van der Waals surface area contributed by atoms with E-state index in [4.69, 9.17) is 0 Å². The van der Waals surface area contributed by atoms with Crippen molar-refractivity contribution in [2.75, 3.05) is 18.0 Å². The van der Waals surface area contributed by atoms with Gasteiger partial charge in [0.1, 0.15) is 0 Å². The van der Waals surface area contributed by atoms with Gasteiger partial charge in [-0.2, -0.15) is 0 Å². The molecule has 0 bridgehead atoms. The lowest BCUT2D eigenvalue weighted by Crippen LogP contribution is -2.47. The monoisotopic (exact) mass is 310 g/mol. The lowest BCUT2D eigenvalue weighted by molar-refractivity contribution is 0.374. The molecule has 1 aromatic rings. The van der Waals surface area contributed by atoms with Gasteiger partial charge < -0.3 is 10.2 Å². The summed E-state index contributed by atoms with van der Waals surface area (Å²) in [6.45, 7) is 8.91. The van der Waals surface area contributed by atoms with Crippen molar-refractivity contribution >= 4 is 21.6 Å². The van der Waals surface area contributed by atoms with Crippen LogP contribution in [0.2, 0.25) is 0 Å². The van der Waals surface area contributed by atoms with Gasteiger partial charge in [-0.25, -0.2) is 0 Å². The van der Waals surface area contributed by atoms with Gasteiger partial charge in [0.25, 0.3) is 0 Å². The van der Waals surface area contributed by atoms with E-state index in [-0.39, 0.29) is 0 Å². The number of benzene rings is 1. The molecule has 1 aliphatic heterocycles. The van der Waals surface area contributed by atoms with E-state index < -0.39 is 0 Å². The maximum atomic E-state index is 3.57. The van der Waals surface area contributed by atoms with Gasteiger partial charge in [0, 0.05) is 28.8 Å². The van der Waals surface area contributed by atoms with Gasteiger partial charge in [-0.15, -0.1) is 0 Å². The normalized spacial score (nSPS) is 24.3. The Hall–Kier alpha value is -0.540. The molecule has 2 nitrogen and oxygen atoms in total. The fraction of sp³-hybridized carbons (Fsp3) is 0.600. The maximum absolute atomic E-state index is 3.57. The van der Waals surface area contributed by atoms with Gasteiger partial charge in [0.2, 0.25) is 0 Å². The summed E-state index contributed by atoms with van der Waals surface area (Å²) in [6.07, 6.45) is 2.48. The fourth-order valence-corrected chi connectivity index (χ4v) is 3.08. The predicted octanol–water partition coefficient (Wildman–Crippen LogP) is 3.72. The van der Waals surface area contributed by atoms with Crippen LogP contribution in [0.1, 0.15) is 32.3 Å². The average Bonchev–Trinajstić information content (AvgIpc) is 2.34. The minimum absolute atomic E-state index is 0.614. The number of halogens is 1. The van der Waals surface area contributed by atoms with Crippen molar-refractivity contribution in [3.8, 4) is 0 Å². The van der Waals surface area contributed by atoms with Crippen LogP contribution in [0.3, 0.4) is 0 Å². The summed E-state index contributed by atoms with van der Waals surface area (Å²) < 4.78 is 1.20. The second-order valence-electron chi connectivity index (χ2n) is 5.25. The zero-order valence-corrected chi connectivity index (χ0v) is 13.1. The molecule has 1 aromatic carbocycles. The van der Waals surface area contributed by atoms with Crippen molar-refractivity contribution in [3.63, 3.8) is 0 Å². The van der Waals surface area contributed by atoms with Crippen LogP contribution in [0.4, 0.5) is 5.69 Å². The lowest BCUT2D eigenvalue weighted by atomic mass is 9.97. The van der Waals surface area contributed by atoms with Crippen LogP contribution in [0, 0.1) is 6.92 Å². The molecular formula is C15H23BrN2. The van der Waals surface area contributed by atoms with Gasteiger partial charge in [-0.3, -0.25) is 0 Å². The highest BCUT2D eigenvalue weighted by atomic mass is 79.9. The summed E-state index contributed by atoms with van der Waals surface area (Å²) in [4.78, 5) is 2.54. The molecule has 18 heavy (non-hydrogen) atoms. The molecule has 2 atom stereocenters. The summed E-state index contributed by atoms with van der Waals surface area (Å²) in [5.41, 5.74) is 2.67. The van der Waals surface area contributed by atoms with E-state index in [2.05, 4.69) is 65.1 Å². The van der Waals surface area contributed by atoms with Gasteiger partial charge >= 0.3 is 0 Å². The fourth-order valence-electron chi connectivity index (χ4n) is 2.84. The molecular weight excluding hydrogens is 288 g/mol. The van der Waals surface area contributed by atoms with Crippen molar-refractivity contribution in [3.05, 3.63) is 28.2 Å². The highest BCUT2D eigenvalue weighted by Crippen LogP contribution is 2.28. The summed E-state index contributed by atoms with van der Waals surface area (Å²) in [5.74, 6) is 0. The van der Waals surface area contributed by atoms with E-state index in [0.29, 0.717) is 12.1 Å². The molecule has 1 N–H and O–H groups in total. The van der Waals surface area contributed by atoms with E-state index >= 15 is 0 Å². The first-order chi connectivity index (χ1) is 8.61. The topological polar surface area (TPSA) is 15.3 Å². The average molecular weight is 311 g/mol. The maximum Gasteiger partial charge on any atom is 0.0372 e. The molecule has 0 saturated carbocycles. The van der Waals surface area contributed by atoms with E-state index in [9.17, 15) is 0 Å². The zero-order chi connectivity index (χ0) is 13.1. The van der Waals surface area contributed by atoms with Crippen LogP contribution in [-0.4, -0.2) is 25.2 Å². The molecule has 0 radical (unpaired) electrons. The predicted molar refractivity (Wildman–Crippen MR) is 82.4 cm³/mol. The van der Waals surface area contributed by atoms with Crippen LogP contribution in [-0.2, 0) is 0 Å². The molecule has 3 heteroatoms. The Balaban J connectivity index is 2.08. The van der Waals surface area contributed by atoms with Crippen molar-refractivity contribution in [2.45, 2.75) is 45.7 Å². The minimum atomic E-state index is 0.614. The number of hydrogen-bond donors (Lipinski definition) is 1. The Kier molecular flexibility index (Phi) is 4.68. The molecule has 0 amide bonds. The van der Waals surface area contributed by atoms with Crippen molar-refractivity contribution < 1.29 is 0 Å². The van der Waals surface area contributed by atoms with Crippen LogP contribution in [0.5, 0.6) is 0 Å². The Morgan fingerprint density at radius 3 is 2.83 bits per heavy atom. The Labute approximate surface area is 119 Å². The number of hydrogen-bond acceptors (Lipinski definition) is 2. The molecule has 0 aliphatic carbocycles.